The van der Waals surface area contributed by atoms with Crippen LogP contribution in [0.3, 0.4) is 0 Å². The first kappa shape index (κ1) is 13.4. The molecule has 2 fully saturated rings. The maximum atomic E-state index is 6.05. The normalized spacial score (nSPS) is 25.8. The second kappa shape index (κ2) is 6.25. The number of rotatable bonds is 3. The average molecular weight is 279 g/mol. The van der Waals surface area contributed by atoms with Gasteiger partial charge in [-0.05, 0) is 68.9 Å². The van der Waals surface area contributed by atoms with Gasteiger partial charge in [-0.15, -0.1) is 0 Å². The van der Waals surface area contributed by atoms with E-state index in [9.17, 15) is 0 Å². The standard InChI is InChI=1S/C16H23ClN2/c17-15-4-1-3-13(11-15)12-19-9-6-14(7-10-19)16-5-2-8-18-16/h1,3-4,11,14,16,18H,2,5-10,12H2. The Kier molecular flexibility index (Phi) is 4.42. The summed E-state index contributed by atoms with van der Waals surface area (Å²) in [4.78, 5) is 2.57. The van der Waals surface area contributed by atoms with Gasteiger partial charge in [0.25, 0.3) is 0 Å². The number of nitrogens with one attached hydrogen (secondary N) is 1. The zero-order valence-corrected chi connectivity index (χ0v) is 12.2. The molecule has 104 valence electrons. The van der Waals surface area contributed by atoms with E-state index in [-0.39, 0.29) is 0 Å². The van der Waals surface area contributed by atoms with Gasteiger partial charge in [-0.3, -0.25) is 4.90 Å². The highest BCUT2D eigenvalue weighted by molar-refractivity contribution is 6.30. The van der Waals surface area contributed by atoms with Gasteiger partial charge < -0.3 is 5.32 Å². The molecule has 0 bridgehead atoms. The molecule has 3 rings (SSSR count). The molecule has 2 aliphatic heterocycles. The molecule has 1 unspecified atom stereocenters. The molecule has 2 heterocycles. The summed E-state index contributed by atoms with van der Waals surface area (Å²) in [5.74, 6) is 0.901. The van der Waals surface area contributed by atoms with E-state index < -0.39 is 0 Å². The van der Waals surface area contributed by atoms with Gasteiger partial charge in [0.2, 0.25) is 0 Å². The second-order valence-corrected chi connectivity index (χ2v) is 6.38. The molecule has 1 N–H and O–H groups in total. The molecular formula is C16H23ClN2. The van der Waals surface area contributed by atoms with Crippen molar-refractivity contribution in [3.8, 4) is 0 Å². The van der Waals surface area contributed by atoms with Crippen LogP contribution in [0.4, 0.5) is 0 Å². The van der Waals surface area contributed by atoms with Gasteiger partial charge in [0.15, 0.2) is 0 Å². The summed E-state index contributed by atoms with van der Waals surface area (Å²) in [6.07, 6.45) is 5.45. The Morgan fingerprint density at radius 3 is 2.74 bits per heavy atom. The summed E-state index contributed by atoms with van der Waals surface area (Å²) >= 11 is 6.05. The summed E-state index contributed by atoms with van der Waals surface area (Å²) in [5, 5.41) is 4.51. The highest BCUT2D eigenvalue weighted by atomic mass is 35.5. The number of piperidine rings is 1. The van der Waals surface area contributed by atoms with Crippen molar-refractivity contribution in [1.82, 2.24) is 10.2 Å². The van der Waals surface area contributed by atoms with E-state index in [1.807, 2.05) is 12.1 Å². The monoisotopic (exact) mass is 278 g/mol. The third kappa shape index (κ3) is 3.50. The SMILES string of the molecule is Clc1cccc(CN2CCC(C3CCCN3)CC2)c1. The van der Waals surface area contributed by atoms with Crippen LogP contribution in [0.25, 0.3) is 0 Å². The molecule has 1 aromatic carbocycles. The van der Waals surface area contributed by atoms with E-state index in [1.165, 1.54) is 50.9 Å². The first-order valence-corrected chi connectivity index (χ1v) is 7.89. The van der Waals surface area contributed by atoms with Crippen LogP contribution < -0.4 is 5.32 Å². The van der Waals surface area contributed by atoms with Crippen LogP contribution in [0, 0.1) is 5.92 Å². The summed E-state index contributed by atoms with van der Waals surface area (Å²) in [7, 11) is 0. The van der Waals surface area contributed by atoms with Crippen LogP contribution in [0.15, 0.2) is 24.3 Å². The van der Waals surface area contributed by atoms with Crippen LogP contribution in [0.1, 0.15) is 31.2 Å². The molecule has 3 heteroatoms. The lowest BCUT2D eigenvalue weighted by molar-refractivity contribution is 0.157. The van der Waals surface area contributed by atoms with Crippen molar-refractivity contribution in [1.29, 1.82) is 0 Å². The third-order valence-corrected chi connectivity index (χ3v) is 4.83. The molecule has 1 atom stereocenters. The molecule has 0 radical (unpaired) electrons. The quantitative estimate of drug-likeness (QED) is 0.913. The van der Waals surface area contributed by atoms with Crippen molar-refractivity contribution in [3.63, 3.8) is 0 Å². The molecule has 2 nitrogen and oxygen atoms in total. The van der Waals surface area contributed by atoms with Gasteiger partial charge >= 0.3 is 0 Å². The van der Waals surface area contributed by atoms with E-state index in [0.717, 1.165) is 23.5 Å². The molecule has 0 aliphatic carbocycles. The Morgan fingerprint density at radius 2 is 2.05 bits per heavy atom. The fraction of sp³-hybridized carbons (Fsp3) is 0.625. The summed E-state index contributed by atoms with van der Waals surface area (Å²) in [6.45, 7) is 4.74. The predicted molar refractivity (Wildman–Crippen MR) is 80.5 cm³/mol. The van der Waals surface area contributed by atoms with Crippen molar-refractivity contribution < 1.29 is 0 Å². The Bertz CT molecular complexity index is 407. The van der Waals surface area contributed by atoms with E-state index in [2.05, 4.69) is 22.3 Å². The molecule has 0 aromatic heterocycles. The van der Waals surface area contributed by atoms with Crippen molar-refractivity contribution in [2.75, 3.05) is 19.6 Å². The van der Waals surface area contributed by atoms with E-state index >= 15 is 0 Å². The Balaban J connectivity index is 1.50. The number of hydrogen-bond acceptors (Lipinski definition) is 2. The lowest BCUT2D eigenvalue weighted by Gasteiger charge is -2.34. The maximum absolute atomic E-state index is 6.05. The van der Waals surface area contributed by atoms with Gasteiger partial charge in [-0.2, -0.15) is 0 Å². The molecule has 0 saturated carbocycles. The minimum absolute atomic E-state index is 0.799. The Morgan fingerprint density at radius 1 is 1.21 bits per heavy atom. The van der Waals surface area contributed by atoms with E-state index in [0.29, 0.717) is 0 Å². The smallest absolute Gasteiger partial charge is 0.0409 e. The van der Waals surface area contributed by atoms with Crippen molar-refractivity contribution >= 4 is 11.6 Å². The number of halogens is 1. The Hall–Kier alpha value is -0.570. The fourth-order valence-corrected chi connectivity index (χ4v) is 3.73. The average Bonchev–Trinajstić information content (AvgIpc) is 2.94. The zero-order chi connectivity index (χ0) is 13.1. The molecule has 0 amide bonds. The predicted octanol–water partition coefficient (Wildman–Crippen LogP) is 3.30. The highest BCUT2D eigenvalue weighted by Crippen LogP contribution is 2.26. The summed E-state index contributed by atoms with van der Waals surface area (Å²) < 4.78 is 0. The van der Waals surface area contributed by atoms with Crippen LogP contribution in [0.5, 0.6) is 0 Å². The van der Waals surface area contributed by atoms with Gasteiger partial charge in [0.1, 0.15) is 0 Å². The van der Waals surface area contributed by atoms with Crippen molar-refractivity contribution in [2.45, 2.75) is 38.3 Å². The van der Waals surface area contributed by atoms with E-state index in [4.69, 9.17) is 11.6 Å². The number of hydrogen-bond donors (Lipinski definition) is 1. The largest absolute Gasteiger partial charge is 0.314 e. The molecular weight excluding hydrogens is 256 g/mol. The number of likely N-dealkylation sites (tertiary alicyclic amines) is 1. The van der Waals surface area contributed by atoms with Gasteiger partial charge in [-0.1, -0.05) is 23.7 Å². The van der Waals surface area contributed by atoms with Gasteiger partial charge in [-0.25, -0.2) is 0 Å². The minimum Gasteiger partial charge on any atom is -0.314 e. The number of nitrogens with zero attached hydrogens (tertiary/aromatic N) is 1. The first-order chi connectivity index (χ1) is 9.31. The minimum atomic E-state index is 0.799. The van der Waals surface area contributed by atoms with E-state index in [1.54, 1.807) is 0 Å². The topological polar surface area (TPSA) is 15.3 Å². The van der Waals surface area contributed by atoms with Gasteiger partial charge in [0, 0.05) is 17.6 Å². The Labute approximate surface area is 121 Å². The lowest BCUT2D eigenvalue weighted by atomic mass is 9.88. The summed E-state index contributed by atoms with van der Waals surface area (Å²) in [5.41, 5.74) is 1.34. The van der Waals surface area contributed by atoms with Crippen LogP contribution in [0.2, 0.25) is 5.02 Å². The maximum Gasteiger partial charge on any atom is 0.0409 e. The second-order valence-electron chi connectivity index (χ2n) is 5.95. The summed E-state index contributed by atoms with van der Waals surface area (Å²) in [6, 6.07) is 9.06. The van der Waals surface area contributed by atoms with Crippen molar-refractivity contribution in [3.05, 3.63) is 34.9 Å². The van der Waals surface area contributed by atoms with Gasteiger partial charge in [0.05, 0.1) is 0 Å². The molecule has 2 aliphatic rings. The lowest BCUT2D eigenvalue weighted by Crippen LogP contribution is -2.40. The van der Waals surface area contributed by atoms with Crippen molar-refractivity contribution in [2.24, 2.45) is 5.92 Å². The fourth-order valence-electron chi connectivity index (χ4n) is 3.52. The molecule has 19 heavy (non-hydrogen) atoms. The highest BCUT2D eigenvalue weighted by Gasteiger charge is 2.28. The third-order valence-electron chi connectivity index (χ3n) is 4.59. The zero-order valence-electron chi connectivity index (χ0n) is 11.4. The van der Waals surface area contributed by atoms with Crippen LogP contribution in [-0.2, 0) is 6.54 Å². The molecule has 1 aromatic rings. The number of benzene rings is 1. The molecule has 2 saturated heterocycles. The van der Waals surface area contributed by atoms with Crippen LogP contribution in [-0.4, -0.2) is 30.6 Å². The molecule has 0 spiro atoms. The first-order valence-electron chi connectivity index (χ1n) is 7.51. The van der Waals surface area contributed by atoms with Crippen LogP contribution >= 0.6 is 11.6 Å².